The normalized spacial score (nSPS) is 18.9. The smallest absolute Gasteiger partial charge is 0.275 e. The van der Waals surface area contributed by atoms with Gasteiger partial charge in [0, 0.05) is 36.8 Å². The molecule has 3 aromatic carbocycles. The predicted molar refractivity (Wildman–Crippen MR) is 144 cm³/mol. The van der Waals surface area contributed by atoms with E-state index in [9.17, 15) is 18.0 Å². The van der Waals surface area contributed by atoms with E-state index in [0.717, 1.165) is 22.9 Å². The lowest BCUT2D eigenvalue weighted by atomic mass is 9.83. The minimum absolute atomic E-state index is 0.00143. The van der Waals surface area contributed by atoms with Gasteiger partial charge in [-0.3, -0.25) is 14.3 Å². The Morgan fingerprint density at radius 3 is 2.43 bits per heavy atom. The summed E-state index contributed by atoms with van der Waals surface area (Å²) in [6.45, 7) is 1.55. The number of hydrogen-bond donors (Lipinski definition) is 1. The third-order valence-electron chi connectivity index (χ3n) is 7.35. The maximum Gasteiger partial charge on any atom is 0.275 e. The quantitative estimate of drug-likeness (QED) is 0.433. The number of benzene rings is 3. The zero-order valence-electron chi connectivity index (χ0n) is 20.2. The van der Waals surface area contributed by atoms with Crippen LogP contribution < -0.4 is 10.3 Å². The number of nitrogens with zero attached hydrogens (tertiary/aromatic N) is 2. The number of carbonyl (C=O) groups excluding carboxylic acids is 1. The topological polar surface area (TPSA) is 88.5 Å². The number of rotatable bonds is 5. The van der Waals surface area contributed by atoms with Crippen LogP contribution >= 0.6 is 0 Å². The number of piperidine rings is 1. The maximum atomic E-state index is 13.4. The fraction of sp³-hybridized carbons (Fsp3) is 0.241. The second kappa shape index (κ2) is 9.19. The van der Waals surface area contributed by atoms with E-state index in [1.165, 1.54) is 0 Å². The summed E-state index contributed by atoms with van der Waals surface area (Å²) in [5.74, 6) is -0.0442. The minimum atomic E-state index is -3.74. The molecule has 1 aromatic heterocycles. The van der Waals surface area contributed by atoms with Gasteiger partial charge in [0.25, 0.3) is 11.5 Å². The van der Waals surface area contributed by atoms with E-state index in [0.29, 0.717) is 30.8 Å². The van der Waals surface area contributed by atoms with Crippen molar-refractivity contribution in [2.24, 2.45) is 5.92 Å². The number of nitrogens with one attached hydrogen (secondary N) is 1. The predicted octanol–water partition coefficient (Wildman–Crippen LogP) is 4.20. The van der Waals surface area contributed by atoms with Crippen molar-refractivity contribution in [2.75, 3.05) is 17.8 Å². The van der Waals surface area contributed by atoms with Gasteiger partial charge >= 0.3 is 0 Å². The largest absolute Gasteiger partial charge is 0.338 e. The van der Waals surface area contributed by atoms with Crippen LogP contribution in [-0.2, 0) is 22.3 Å². The summed E-state index contributed by atoms with van der Waals surface area (Å²) in [5, 5.41) is 2.13. The Labute approximate surface area is 215 Å². The Bertz CT molecular complexity index is 1660. The van der Waals surface area contributed by atoms with E-state index < -0.39 is 10.0 Å². The number of anilines is 1. The van der Waals surface area contributed by atoms with Gasteiger partial charge in [0.15, 0.2) is 0 Å². The highest BCUT2D eigenvalue weighted by Crippen LogP contribution is 2.36. The summed E-state index contributed by atoms with van der Waals surface area (Å²) < 4.78 is 29.6. The second-order valence-corrected chi connectivity index (χ2v) is 11.7. The molecule has 2 aliphatic heterocycles. The summed E-state index contributed by atoms with van der Waals surface area (Å²) >= 11 is 0. The Morgan fingerprint density at radius 2 is 1.62 bits per heavy atom. The van der Waals surface area contributed by atoms with E-state index in [4.69, 9.17) is 0 Å². The zero-order chi connectivity index (χ0) is 25.6. The van der Waals surface area contributed by atoms with Crippen molar-refractivity contribution in [1.82, 2.24) is 9.47 Å². The van der Waals surface area contributed by atoms with Crippen LogP contribution in [0.3, 0.4) is 0 Å². The first-order chi connectivity index (χ1) is 17.9. The number of aromatic nitrogens is 1. The number of likely N-dealkylation sites (tertiary alicyclic amines) is 1. The van der Waals surface area contributed by atoms with Crippen LogP contribution in [-0.4, -0.2) is 36.9 Å². The van der Waals surface area contributed by atoms with Crippen molar-refractivity contribution in [3.63, 3.8) is 0 Å². The van der Waals surface area contributed by atoms with Gasteiger partial charge in [0.05, 0.1) is 5.75 Å². The molecule has 0 unspecified atom stereocenters. The first-order valence-corrected chi connectivity index (χ1v) is 14.1. The highest BCUT2D eigenvalue weighted by molar-refractivity contribution is 7.91. The van der Waals surface area contributed by atoms with Crippen molar-refractivity contribution in [1.29, 1.82) is 0 Å². The fourth-order valence-corrected chi connectivity index (χ4v) is 6.89. The molecule has 6 rings (SSSR count). The first kappa shape index (κ1) is 23.5. The number of fused-ring (bicyclic) bond motifs is 5. The van der Waals surface area contributed by atoms with Gasteiger partial charge in [-0.1, -0.05) is 60.7 Å². The van der Waals surface area contributed by atoms with Crippen molar-refractivity contribution in [2.45, 2.75) is 24.6 Å². The lowest BCUT2D eigenvalue weighted by Gasteiger charge is -2.43. The molecule has 4 aromatic rings. The highest BCUT2D eigenvalue weighted by atomic mass is 32.2. The average molecular weight is 514 g/mol. The van der Waals surface area contributed by atoms with Crippen molar-refractivity contribution in [3.8, 4) is 0 Å². The number of sulfonamides is 1. The van der Waals surface area contributed by atoms with Crippen LogP contribution in [0.25, 0.3) is 10.8 Å². The second-order valence-electron chi connectivity index (χ2n) is 10.0. The molecule has 2 bridgehead atoms. The van der Waals surface area contributed by atoms with Gasteiger partial charge in [0.1, 0.15) is 5.69 Å². The van der Waals surface area contributed by atoms with E-state index in [-0.39, 0.29) is 34.7 Å². The van der Waals surface area contributed by atoms with Crippen LogP contribution in [0, 0.1) is 5.92 Å². The van der Waals surface area contributed by atoms with Gasteiger partial charge in [-0.25, -0.2) is 8.42 Å². The van der Waals surface area contributed by atoms with Crippen LogP contribution in [0.1, 0.15) is 34.0 Å². The minimum Gasteiger partial charge on any atom is -0.338 e. The van der Waals surface area contributed by atoms with Crippen LogP contribution in [0.5, 0.6) is 0 Å². The fourth-order valence-electron chi connectivity index (χ4n) is 5.69. The van der Waals surface area contributed by atoms with E-state index in [1.807, 2.05) is 59.5 Å². The monoisotopic (exact) mass is 513 g/mol. The average Bonchev–Trinajstić information content (AvgIpc) is 2.90. The SMILES string of the molecule is O=C(c1ccc2ccccc2c1)N1C[C@H]2C[C@H](C1)c1ccc(NS(=O)(=O)Cc3ccccc3)c(=O)n1C2. The van der Waals surface area contributed by atoms with Crippen molar-refractivity contribution >= 4 is 32.4 Å². The van der Waals surface area contributed by atoms with Gasteiger partial charge in [-0.05, 0) is 52.9 Å². The Hall–Kier alpha value is -3.91. The zero-order valence-corrected chi connectivity index (χ0v) is 21.0. The molecule has 2 aliphatic rings. The summed E-state index contributed by atoms with van der Waals surface area (Å²) in [6, 6.07) is 26.0. The molecule has 3 heterocycles. The molecule has 2 atom stereocenters. The first-order valence-electron chi connectivity index (χ1n) is 12.4. The summed E-state index contributed by atoms with van der Waals surface area (Å²) in [4.78, 5) is 28.6. The molecule has 1 amide bonds. The van der Waals surface area contributed by atoms with Gasteiger partial charge < -0.3 is 9.47 Å². The summed E-state index contributed by atoms with van der Waals surface area (Å²) in [5.41, 5.74) is 1.89. The molecule has 7 nitrogen and oxygen atoms in total. The number of carbonyl (C=O) groups is 1. The number of amides is 1. The Kier molecular flexibility index (Phi) is 5.83. The third-order valence-corrected chi connectivity index (χ3v) is 8.60. The number of hydrogen-bond acceptors (Lipinski definition) is 4. The molecule has 188 valence electrons. The molecule has 1 fully saturated rings. The van der Waals surface area contributed by atoms with Crippen LogP contribution in [0.4, 0.5) is 5.69 Å². The van der Waals surface area contributed by atoms with E-state index >= 15 is 0 Å². The molecular weight excluding hydrogens is 486 g/mol. The highest BCUT2D eigenvalue weighted by Gasteiger charge is 2.37. The Morgan fingerprint density at radius 1 is 0.865 bits per heavy atom. The molecule has 0 aliphatic carbocycles. The van der Waals surface area contributed by atoms with Crippen LogP contribution in [0.2, 0.25) is 0 Å². The summed E-state index contributed by atoms with van der Waals surface area (Å²) in [6.07, 6.45) is 0.903. The van der Waals surface area contributed by atoms with Gasteiger partial charge in [-0.2, -0.15) is 0 Å². The molecule has 1 saturated heterocycles. The molecule has 37 heavy (non-hydrogen) atoms. The maximum absolute atomic E-state index is 13.4. The lowest BCUT2D eigenvalue weighted by Crippen LogP contribution is -2.49. The van der Waals surface area contributed by atoms with Gasteiger partial charge in [-0.15, -0.1) is 0 Å². The van der Waals surface area contributed by atoms with Gasteiger partial charge in [0.2, 0.25) is 10.0 Å². The van der Waals surface area contributed by atoms with Crippen LogP contribution in [0.15, 0.2) is 89.7 Å². The molecular formula is C29H27N3O4S. The third kappa shape index (κ3) is 4.64. The molecule has 0 spiro atoms. The van der Waals surface area contributed by atoms with E-state index in [2.05, 4.69) is 4.72 Å². The Balaban J connectivity index is 1.22. The van der Waals surface area contributed by atoms with E-state index in [1.54, 1.807) is 34.9 Å². The standard InChI is InChI=1S/C29H27N3O4S/c33-28(24-11-10-22-8-4-5-9-23(22)15-24)31-16-21-14-25(18-31)27-13-12-26(29(34)32(27)17-21)30-37(35,36)19-20-6-2-1-3-7-20/h1-13,15,21,25,30H,14,16-19H2/t21-,25-/m1/s1. The molecule has 8 heteroatoms. The molecule has 1 N–H and O–H groups in total. The number of pyridine rings is 1. The van der Waals surface area contributed by atoms with Crippen molar-refractivity contribution in [3.05, 3.63) is 112 Å². The summed E-state index contributed by atoms with van der Waals surface area (Å²) in [7, 11) is -3.74. The lowest BCUT2D eigenvalue weighted by molar-refractivity contribution is 0.0595. The van der Waals surface area contributed by atoms with Crippen molar-refractivity contribution < 1.29 is 13.2 Å². The molecule has 0 radical (unpaired) electrons. The molecule has 0 saturated carbocycles.